The van der Waals surface area contributed by atoms with E-state index in [1.165, 1.54) is 6.07 Å². The third-order valence-corrected chi connectivity index (χ3v) is 7.30. The first kappa shape index (κ1) is 26.1. The highest BCUT2D eigenvalue weighted by molar-refractivity contribution is 5.90. The van der Waals surface area contributed by atoms with E-state index in [1.807, 2.05) is 29.2 Å². The number of hydrogen-bond donors (Lipinski definition) is 1. The number of benzene rings is 2. The minimum atomic E-state index is -0.841. The van der Waals surface area contributed by atoms with Gasteiger partial charge in [-0.25, -0.2) is 8.78 Å². The molecule has 6 nitrogen and oxygen atoms in total. The van der Waals surface area contributed by atoms with E-state index in [-0.39, 0.29) is 30.3 Å². The lowest BCUT2D eigenvalue weighted by molar-refractivity contribution is -0.129. The fraction of sp³-hybridized carbons (Fsp3) is 0.500. The van der Waals surface area contributed by atoms with Crippen molar-refractivity contribution in [1.29, 1.82) is 0 Å². The summed E-state index contributed by atoms with van der Waals surface area (Å²) < 4.78 is 32.0. The van der Waals surface area contributed by atoms with Gasteiger partial charge in [-0.05, 0) is 54.7 Å². The molecule has 36 heavy (non-hydrogen) atoms. The van der Waals surface area contributed by atoms with Crippen LogP contribution < -0.4 is 10.1 Å². The fourth-order valence-corrected chi connectivity index (χ4v) is 5.27. The van der Waals surface area contributed by atoms with Gasteiger partial charge in [-0.1, -0.05) is 31.5 Å². The molecule has 0 saturated carbocycles. The van der Waals surface area contributed by atoms with Crippen LogP contribution in [0.3, 0.4) is 0 Å². The Bertz CT molecular complexity index is 1050. The summed E-state index contributed by atoms with van der Waals surface area (Å²) in [6.45, 7) is 4.77. The number of halogens is 2. The summed E-state index contributed by atoms with van der Waals surface area (Å²) in [4.78, 5) is 30.4. The number of hydrogen-bond acceptors (Lipinski definition) is 4. The zero-order valence-corrected chi connectivity index (χ0v) is 21.0. The van der Waals surface area contributed by atoms with Crippen molar-refractivity contribution in [2.24, 2.45) is 5.92 Å². The molecule has 2 saturated heterocycles. The predicted octanol–water partition coefficient (Wildman–Crippen LogP) is 4.44. The van der Waals surface area contributed by atoms with Crippen LogP contribution in [0.4, 0.5) is 8.78 Å². The van der Waals surface area contributed by atoms with Crippen LogP contribution in [0.5, 0.6) is 5.75 Å². The Morgan fingerprint density at radius 1 is 1.08 bits per heavy atom. The minimum Gasteiger partial charge on any atom is -0.497 e. The van der Waals surface area contributed by atoms with E-state index in [0.717, 1.165) is 61.7 Å². The highest BCUT2D eigenvalue weighted by atomic mass is 19.2. The number of likely N-dealkylation sites (tertiary alicyclic amines) is 2. The zero-order chi connectivity index (χ0) is 25.7. The number of nitrogens with one attached hydrogen (secondary N) is 1. The van der Waals surface area contributed by atoms with E-state index in [4.69, 9.17) is 4.74 Å². The van der Waals surface area contributed by atoms with Crippen molar-refractivity contribution in [1.82, 2.24) is 15.1 Å². The van der Waals surface area contributed by atoms with E-state index < -0.39 is 17.6 Å². The van der Waals surface area contributed by atoms with Crippen LogP contribution in [0.15, 0.2) is 42.5 Å². The van der Waals surface area contributed by atoms with E-state index in [0.29, 0.717) is 13.1 Å². The maximum absolute atomic E-state index is 13.5. The molecule has 0 aliphatic carbocycles. The largest absolute Gasteiger partial charge is 0.497 e. The summed E-state index contributed by atoms with van der Waals surface area (Å²) in [7, 11) is 1.61. The van der Waals surface area contributed by atoms with Gasteiger partial charge in [-0.3, -0.25) is 14.5 Å². The van der Waals surface area contributed by atoms with Crippen LogP contribution in [0, 0.1) is 17.6 Å². The van der Waals surface area contributed by atoms with Crippen molar-refractivity contribution in [2.45, 2.75) is 57.7 Å². The van der Waals surface area contributed by atoms with Gasteiger partial charge in [-0.15, -0.1) is 0 Å². The average Bonchev–Trinajstić information content (AvgIpc) is 3.22. The van der Waals surface area contributed by atoms with Crippen LogP contribution in [0.2, 0.25) is 0 Å². The lowest BCUT2D eigenvalue weighted by Gasteiger charge is -2.34. The number of piperidine rings is 1. The SMILES string of the molecule is CCCCN1C(=O)C[C@H](C(=O)NC2CCN(Cc3ccc(F)c(F)c3)CC2)[C@@H]1c1ccc(OC)cc1. The predicted molar refractivity (Wildman–Crippen MR) is 133 cm³/mol. The van der Waals surface area contributed by atoms with Gasteiger partial charge in [0.2, 0.25) is 11.8 Å². The number of amides is 2. The van der Waals surface area contributed by atoms with Gasteiger partial charge in [0.05, 0.1) is 19.1 Å². The van der Waals surface area contributed by atoms with Crippen molar-refractivity contribution in [2.75, 3.05) is 26.7 Å². The molecule has 2 fully saturated rings. The Kier molecular flexibility index (Phi) is 8.56. The lowest BCUT2D eigenvalue weighted by atomic mass is 9.91. The minimum absolute atomic E-state index is 0.0192. The molecule has 0 unspecified atom stereocenters. The van der Waals surface area contributed by atoms with Crippen molar-refractivity contribution in [3.05, 3.63) is 65.2 Å². The van der Waals surface area contributed by atoms with Gasteiger partial charge < -0.3 is 15.0 Å². The Hall–Kier alpha value is -3.00. The first-order chi connectivity index (χ1) is 17.4. The molecule has 0 spiro atoms. The molecule has 2 amide bonds. The number of methoxy groups -OCH3 is 1. The average molecular weight is 500 g/mol. The molecule has 1 N–H and O–H groups in total. The molecule has 2 aliphatic heterocycles. The third kappa shape index (κ3) is 6.03. The third-order valence-electron chi connectivity index (χ3n) is 7.30. The normalized spacial score (nSPS) is 21.1. The van der Waals surface area contributed by atoms with Gasteiger partial charge in [0.1, 0.15) is 5.75 Å². The summed E-state index contributed by atoms with van der Waals surface area (Å²) in [5.74, 6) is -1.44. The van der Waals surface area contributed by atoms with Crippen LogP contribution >= 0.6 is 0 Å². The van der Waals surface area contributed by atoms with Gasteiger partial charge in [-0.2, -0.15) is 0 Å². The maximum Gasteiger partial charge on any atom is 0.226 e. The lowest BCUT2D eigenvalue weighted by Crippen LogP contribution is -2.46. The topological polar surface area (TPSA) is 61.9 Å². The summed E-state index contributed by atoms with van der Waals surface area (Å²) in [5.41, 5.74) is 1.68. The maximum atomic E-state index is 13.5. The highest BCUT2D eigenvalue weighted by Gasteiger charge is 2.44. The first-order valence-corrected chi connectivity index (χ1v) is 12.8. The molecule has 0 bridgehead atoms. The highest BCUT2D eigenvalue weighted by Crippen LogP contribution is 2.39. The molecule has 2 heterocycles. The summed E-state index contributed by atoms with van der Waals surface area (Å²) in [6.07, 6.45) is 3.61. The Morgan fingerprint density at radius 2 is 1.81 bits per heavy atom. The Labute approximate surface area is 211 Å². The van der Waals surface area contributed by atoms with Crippen molar-refractivity contribution in [3.8, 4) is 5.75 Å². The molecular formula is C28H35F2N3O3. The van der Waals surface area contributed by atoms with Crippen LogP contribution in [-0.2, 0) is 16.1 Å². The molecule has 2 aromatic rings. The second-order valence-corrected chi connectivity index (χ2v) is 9.78. The molecular weight excluding hydrogens is 464 g/mol. The Balaban J connectivity index is 1.38. The van der Waals surface area contributed by atoms with Crippen LogP contribution in [0.25, 0.3) is 0 Å². The van der Waals surface area contributed by atoms with Gasteiger partial charge in [0.25, 0.3) is 0 Å². The van der Waals surface area contributed by atoms with Crippen LogP contribution in [-0.4, -0.2) is 54.4 Å². The number of carbonyl (C=O) groups excluding carboxylic acids is 2. The van der Waals surface area contributed by atoms with E-state index in [2.05, 4.69) is 17.1 Å². The molecule has 2 aromatic carbocycles. The molecule has 194 valence electrons. The van der Waals surface area contributed by atoms with E-state index >= 15 is 0 Å². The quantitative estimate of drug-likeness (QED) is 0.554. The Morgan fingerprint density at radius 3 is 2.44 bits per heavy atom. The second kappa shape index (κ2) is 11.8. The smallest absolute Gasteiger partial charge is 0.226 e. The summed E-state index contributed by atoms with van der Waals surface area (Å²) in [6, 6.07) is 11.4. The molecule has 2 aliphatic rings. The number of rotatable bonds is 9. The molecule has 8 heteroatoms. The number of unbranched alkanes of at least 4 members (excludes halogenated alkanes) is 1. The van der Waals surface area contributed by atoms with Gasteiger partial charge in [0, 0.05) is 38.6 Å². The number of carbonyl (C=O) groups is 2. The van der Waals surface area contributed by atoms with Crippen molar-refractivity contribution < 1.29 is 23.1 Å². The summed E-state index contributed by atoms with van der Waals surface area (Å²) in [5, 5.41) is 3.20. The zero-order valence-electron chi connectivity index (χ0n) is 21.0. The molecule has 0 aromatic heterocycles. The molecule has 4 rings (SSSR count). The standard InChI is InChI=1S/C28H35F2N3O3/c1-3-4-13-33-26(34)17-23(27(33)20-6-8-22(36-2)9-7-20)28(35)31-21-11-14-32(15-12-21)18-19-5-10-24(29)25(30)16-19/h5-10,16,21,23,27H,3-4,11-15,17-18H2,1-2H3,(H,31,35)/t23-,27-/m0/s1. The van der Waals surface area contributed by atoms with E-state index in [9.17, 15) is 18.4 Å². The monoisotopic (exact) mass is 499 g/mol. The van der Waals surface area contributed by atoms with E-state index in [1.54, 1.807) is 13.2 Å². The molecule has 2 atom stereocenters. The van der Waals surface area contributed by atoms with Crippen molar-refractivity contribution in [3.63, 3.8) is 0 Å². The van der Waals surface area contributed by atoms with Gasteiger partial charge in [0.15, 0.2) is 11.6 Å². The summed E-state index contributed by atoms with van der Waals surface area (Å²) >= 11 is 0. The fourth-order valence-electron chi connectivity index (χ4n) is 5.27. The van der Waals surface area contributed by atoms with Crippen molar-refractivity contribution >= 4 is 11.8 Å². The first-order valence-electron chi connectivity index (χ1n) is 12.8. The van der Waals surface area contributed by atoms with Crippen LogP contribution in [0.1, 0.15) is 56.2 Å². The number of nitrogens with zero attached hydrogens (tertiary/aromatic N) is 2. The second-order valence-electron chi connectivity index (χ2n) is 9.78. The number of ether oxygens (including phenoxy) is 1. The molecule has 0 radical (unpaired) electrons. The van der Waals surface area contributed by atoms with Gasteiger partial charge >= 0.3 is 0 Å².